The van der Waals surface area contributed by atoms with E-state index in [1.165, 1.54) is 6.33 Å². The molecule has 2 aliphatic rings. The molecule has 2 fully saturated rings. The number of imidazole rings is 1. The molecule has 180 valence electrons. The van der Waals surface area contributed by atoms with Gasteiger partial charge in [0.25, 0.3) is 6.01 Å². The molecule has 2 aromatic carbocycles. The van der Waals surface area contributed by atoms with Gasteiger partial charge in [-0.1, -0.05) is 36.4 Å². The van der Waals surface area contributed by atoms with Crippen LogP contribution in [-0.4, -0.2) is 72.5 Å². The molecule has 0 saturated carbocycles. The van der Waals surface area contributed by atoms with Crippen molar-refractivity contribution >= 4 is 11.2 Å². The summed E-state index contributed by atoms with van der Waals surface area (Å²) in [5.74, 6) is 0. The van der Waals surface area contributed by atoms with Gasteiger partial charge in [0, 0.05) is 5.56 Å². The average molecular weight is 483 g/mol. The highest BCUT2D eigenvalue weighted by Crippen LogP contribution is 2.30. The molecular formula is C26H22N6O4. The molecule has 36 heavy (non-hydrogen) atoms. The molecule has 4 unspecified atom stereocenters. The number of hydrogen-bond donors (Lipinski definition) is 2. The number of fused-ring (bicyclic) bond motifs is 2. The van der Waals surface area contributed by atoms with Crippen molar-refractivity contribution in [3.63, 3.8) is 0 Å². The van der Waals surface area contributed by atoms with Crippen LogP contribution in [0.2, 0.25) is 0 Å². The third kappa shape index (κ3) is 3.72. The quantitative estimate of drug-likeness (QED) is 0.392. The summed E-state index contributed by atoms with van der Waals surface area (Å²) in [5.41, 5.74) is 6.34. The minimum Gasteiger partial charge on any atom is -0.456 e. The Bertz CT molecular complexity index is 1500. The second kappa shape index (κ2) is 8.52. The fourth-order valence-electron chi connectivity index (χ4n) is 4.76. The van der Waals surface area contributed by atoms with Crippen LogP contribution in [0.3, 0.4) is 0 Å². The summed E-state index contributed by atoms with van der Waals surface area (Å²) in [7, 11) is 0. The Morgan fingerprint density at radius 1 is 0.861 bits per heavy atom. The van der Waals surface area contributed by atoms with Crippen LogP contribution >= 0.6 is 0 Å². The van der Waals surface area contributed by atoms with Gasteiger partial charge in [-0.3, -0.25) is 0 Å². The molecule has 0 radical (unpaired) electrons. The van der Waals surface area contributed by atoms with Crippen molar-refractivity contribution in [3.05, 3.63) is 73.3 Å². The summed E-state index contributed by atoms with van der Waals surface area (Å²) in [5, 5.41) is 14.1. The van der Waals surface area contributed by atoms with Gasteiger partial charge < -0.3 is 24.3 Å². The van der Waals surface area contributed by atoms with Crippen LogP contribution in [0.25, 0.3) is 39.2 Å². The fourth-order valence-corrected chi connectivity index (χ4v) is 4.76. The molecule has 3 aromatic heterocycles. The van der Waals surface area contributed by atoms with Gasteiger partial charge in [-0.15, -0.1) is 0 Å². The molecule has 0 amide bonds. The Morgan fingerprint density at radius 3 is 2.39 bits per heavy atom. The van der Waals surface area contributed by atoms with E-state index in [2.05, 4.69) is 56.4 Å². The summed E-state index contributed by atoms with van der Waals surface area (Å²) in [6.45, 7) is 0.602. The maximum atomic E-state index is 9.92. The molecule has 10 nitrogen and oxygen atoms in total. The monoisotopic (exact) mass is 482 g/mol. The first-order valence-electron chi connectivity index (χ1n) is 11.7. The third-order valence-electron chi connectivity index (χ3n) is 6.63. The molecule has 2 aliphatic heterocycles. The van der Waals surface area contributed by atoms with Gasteiger partial charge in [-0.25, -0.2) is 14.6 Å². The number of nitrogens with zero attached hydrogens (tertiary/aromatic N) is 5. The normalized spacial score (nSPS) is 23.2. The molecular weight excluding hydrogens is 460 g/mol. The van der Waals surface area contributed by atoms with Crippen molar-refractivity contribution in [3.8, 4) is 34.1 Å². The summed E-state index contributed by atoms with van der Waals surface area (Å²) in [6.07, 6.45) is 1.60. The van der Waals surface area contributed by atoms with Crippen LogP contribution in [-0.2, 0) is 9.47 Å². The molecule has 5 aromatic rings. The van der Waals surface area contributed by atoms with E-state index in [-0.39, 0.29) is 24.9 Å². The van der Waals surface area contributed by atoms with E-state index in [1.807, 2.05) is 24.3 Å². The molecule has 0 aliphatic carbocycles. The lowest BCUT2D eigenvalue weighted by molar-refractivity contribution is 0.00706. The molecule has 0 bridgehead atoms. The van der Waals surface area contributed by atoms with Gasteiger partial charge in [0.05, 0.1) is 30.1 Å². The number of aromatic amines is 1. The number of benzene rings is 2. The number of pyridine rings is 1. The highest BCUT2D eigenvalue weighted by molar-refractivity contribution is 5.77. The van der Waals surface area contributed by atoms with Crippen LogP contribution < -0.4 is 4.74 Å². The summed E-state index contributed by atoms with van der Waals surface area (Å²) >= 11 is 0. The van der Waals surface area contributed by atoms with Gasteiger partial charge in [0.1, 0.15) is 31.0 Å². The second-order valence-corrected chi connectivity index (χ2v) is 8.89. The van der Waals surface area contributed by atoms with Gasteiger partial charge in [0.2, 0.25) is 0 Å². The lowest BCUT2D eigenvalue weighted by atomic mass is 10.0. The van der Waals surface area contributed by atoms with Crippen molar-refractivity contribution in [1.29, 1.82) is 0 Å². The van der Waals surface area contributed by atoms with E-state index in [0.29, 0.717) is 18.3 Å². The Kier molecular flexibility index (Phi) is 5.01. The Hall–Kier alpha value is -4.12. The summed E-state index contributed by atoms with van der Waals surface area (Å²) < 4.78 is 19.0. The molecule has 5 heterocycles. The van der Waals surface area contributed by atoms with Crippen LogP contribution in [0.15, 0.2) is 73.3 Å². The first-order chi connectivity index (χ1) is 17.7. The minimum absolute atomic E-state index is 0.257. The van der Waals surface area contributed by atoms with Crippen molar-refractivity contribution < 1.29 is 19.3 Å². The van der Waals surface area contributed by atoms with E-state index >= 15 is 0 Å². The fraction of sp³-hybridized carbons (Fsp3) is 0.231. The maximum Gasteiger partial charge on any atom is 0.296 e. The van der Waals surface area contributed by atoms with Crippen molar-refractivity contribution in [2.45, 2.75) is 24.4 Å². The first-order valence-corrected chi connectivity index (χ1v) is 11.7. The standard InChI is InChI=1S/C26H22N6O4/c33-21-11-34-24-22(12-35-23(21)24)36-26-30-20-10-9-19(29-25(20)31-26)17-3-1-15(2-4-17)16-5-7-18(8-6-16)32-14-27-13-28-32/h1-10,13-14,21-24,33H,11-12H2,(H,29,30,31). The van der Waals surface area contributed by atoms with Crippen molar-refractivity contribution in [1.82, 2.24) is 29.7 Å². The number of rotatable bonds is 5. The Labute approximate surface area is 205 Å². The zero-order valence-corrected chi connectivity index (χ0v) is 19.1. The zero-order chi connectivity index (χ0) is 24.1. The Morgan fingerprint density at radius 2 is 1.61 bits per heavy atom. The van der Waals surface area contributed by atoms with Crippen molar-refractivity contribution in [2.75, 3.05) is 13.2 Å². The molecule has 2 N–H and O–H groups in total. The van der Waals surface area contributed by atoms with Crippen LogP contribution in [0, 0.1) is 0 Å². The van der Waals surface area contributed by atoms with E-state index in [1.54, 1.807) is 11.0 Å². The van der Waals surface area contributed by atoms with Crippen LogP contribution in [0.5, 0.6) is 6.01 Å². The zero-order valence-electron chi connectivity index (χ0n) is 19.1. The number of aliphatic hydroxyl groups is 1. The van der Waals surface area contributed by atoms with E-state index in [4.69, 9.17) is 19.2 Å². The Balaban J connectivity index is 1.08. The third-order valence-corrected chi connectivity index (χ3v) is 6.63. The van der Waals surface area contributed by atoms with Gasteiger partial charge in [-0.2, -0.15) is 10.1 Å². The average Bonchev–Trinajstić information content (AvgIpc) is 3.71. The van der Waals surface area contributed by atoms with Crippen LogP contribution in [0.1, 0.15) is 0 Å². The number of ether oxygens (including phenoxy) is 3. The lowest BCUT2D eigenvalue weighted by Crippen LogP contribution is -2.34. The summed E-state index contributed by atoms with van der Waals surface area (Å²) in [4.78, 5) is 16.4. The largest absolute Gasteiger partial charge is 0.456 e. The van der Waals surface area contributed by atoms with Gasteiger partial charge >= 0.3 is 0 Å². The number of aromatic nitrogens is 6. The first kappa shape index (κ1) is 21.2. The maximum absolute atomic E-state index is 9.92. The minimum atomic E-state index is -0.617. The SMILES string of the molecule is OC1COC2C(Oc3nc4nc(-c5ccc(-c6ccc(-n7cncn7)cc6)cc5)ccc4[nH]3)COC12. The highest BCUT2D eigenvalue weighted by Gasteiger charge is 2.48. The second-order valence-electron chi connectivity index (χ2n) is 8.89. The number of H-pyrrole nitrogens is 1. The molecule has 7 rings (SSSR count). The number of nitrogens with one attached hydrogen (secondary N) is 1. The van der Waals surface area contributed by atoms with Gasteiger partial charge in [-0.05, 0) is 35.4 Å². The highest BCUT2D eigenvalue weighted by atomic mass is 16.6. The smallest absolute Gasteiger partial charge is 0.296 e. The van der Waals surface area contributed by atoms with Crippen LogP contribution in [0.4, 0.5) is 0 Å². The van der Waals surface area contributed by atoms with E-state index in [0.717, 1.165) is 33.6 Å². The van der Waals surface area contributed by atoms with E-state index < -0.39 is 6.10 Å². The predicted molar refractivity (Wildman–Crippen MR) is 130 cm³/mol. The molecule has 10 heteroatoms. The summed E-state index contributed by atoms with van der Waals surface area (Å²) in [6, 6.07) is 20.7. The molecule has 2 saturated heterocycles. The number of aliphatic hydroxyl groups excluding tert-OH is 1. The van der Waals surface area contributed by atoms with Crippen molar-refractivity contribution in [2.24, 2.45) is 0 Å². The molecule has 0 spiro atoms. The van der Waals surface area contributed by atoms with Gasteiger partial charge in [0.15, 0.2) is 11.8 Å². The lowest BCUT2D eigenvalue weighted by Gasteiger charge is -2.15. The number of hydrogen-bond acceptors (Lipinski definition) is 8. The predicted octanol–water partition coefficient (Wildman–Crippen LogP) is 2.78. The topological polar surface area (TPSA) is 120 Å². The molecule has 4 atom stereocenters. The van der Waals surface area contributed by atoms with E-state index in [9.17, 15) is 5.11 Å².